The van der Waals surface area contributed by atoms with Gasteiger partial charge in [0.05, 0.1) is 30.5 Å². The van der Waals surface area contributed by atoms with Crippen molar-refractivity contribution < 1.29 is 14.1 Å². The van der Waals surface area contributed by atoms with Crippen molar-refractivity contribution in [1.82, 2.24) is 20.4 Å². The van der Waals surface area contributed by atoms with Gasteiger partial charge < -0.3 is 14.6 Å². The normalized spacial score (nSPS) is 18.5. The third kappa shape index (κ3) is 5.29. The summed E-state index contributed by atoms with van der Waals surface area (Å²) in [5.41, 5.74) is 3.77. The zero-order valence-electron chi connectivity index (χ0n) is 18.0. The molecule has 1 aliphatic carbocycles. The summed E-state index contributed by atoms with van der Waals surface area (Å²) >= 11 is 0. The van der Waals surface area contributed by atoms with Crippen LogP contribution in [0.5, 0.6) is 5.75 Å². The second-order valence-electron chi connectivity index (χ2n) is 8.20. The summed E-state index contributed by atoms with van der Waals surface area (Å²) in [4.78, 5) is 21.1. The van der Waals surface area contributed by atoms with Crippen LogP contribution < -0.4 is 10.1 Å². The minimum atomic E-state index is 0.0501. The van der Waals surface area contributed by atoms with E-state index in [0.717, 1.165) is 59.7 Å². The van der Waals surface area contributed by atoms with E-state index in [9.17, 15) is 4.79 Å². The van der Waals surface area contributed by atoms with Gasteiger partial charge in [-0.25, -0.2) is 9.97 Å². The molecule has 0 atom stereocenters. The minimum absolute atomic E-state index is 0.0501. The summed E-state index contributed by atoms with van der Waals surface area (Å²) in [5, 5.41) is 7.10. The monoisotopic (exact) mass is 420 g/mol. The second-order valence-corrected chi connectivity index (χ2v) is 8.20. The molecule has 162 valence electrons. The zero-order chi connectivity index (χ0) is 21.6. The highest BCUT2D eigenvalue weighted by molar-refractivity contribution is 5.78. The van der Waals surface area contributed by atoms with Crippen molar-refractivity contribution >= 4 is 5.91 Å². The van der Waals surface area contributed by atoms with E-state index in [1.165, 1.54) is 0 Å². The lowest BCUT2D eigenvalue weighted by Gasteiger charge is -2.29. The minimum Gasteiger partial charge on any atom is -0.497 e. The molecular formula is C24H28N4O3. The van der Waals surface area contributed by atoms with Gasteiger partial charge in [0.2, 0.25) is 5.91 Å². The SMILES string of the molecule is COc1cccc(CC(=O)NCC2CCC(c3ncncc3-c3cc(C)no3)CC2)c1. The Morgan fingerprint density at radius 2 is 2.06 bits per heavy atom. The van der Waals surface area contributed by atoms with Crippen molar-refractivity contribution in [1.29, 1.82) is 0 Å². The first-order valence-corrected chi connectivity index (χ1v) is 10.8. The standard InChI is InChI=1S/C24H28N4O3/c1-16-10-22(31-28-16)21-14-25-15-27-24(21)19-8-6-17(7-9-19)13-26-23(29)12-18-4-3-5-20(11-18)30-2/h3-5,10-11,14-15,17,19H,6-9,12-13H2,1-2H3,(H,26,29). The Morgan fingerprint density at radius 1 is 1.23 bits per heavy atom. The number of amides is 1. The lowest BCUT2D eigenvalue weighted by Crippen LogP contribution is -2.32. The molecule has 1 fully saturated rings. The number of nitrogens with zero attached hydrogens (tertiary/aromatic N) is 3. The van der Waals surface area contributed by atoms with Crippen LogP contribution in [0.4, 0.5) is 0 Å². The van der Waals surface area contributed by atoms with Gasteiger partial charge in [-0.15, -0.1) is 0 Å². The van der Waals surface area contributed by atoms with Gasteiger partial charge in [0.25, 0.3) is 0 Å². The van der Waals surface area contributed by atoms with Gasteiger partial charge in [-0.05, 0) is 56.2 Å². The lowest BCUT2D eigenvalue weighted by molar-refractivity contribution is -0.120. The molecular weight excluding hydrogens is 392 g/mol. The Kier molecular flexibility index (Phi) is 6.60. The van der Waals surface area contributed by atoms with Crippen molar-refractivity contribution in [2.45, 2.75) is 44.9 Å². The van der Waals surface area contributed by atoms with E-state index < -0.39 is 0 Å². The molecule has 1 aromatic carbocycles. The van der Waals surface area contributed by atoms with Gasteiger partial charge in [0.1, 0.15) is 12.1 Å². The molecule has 0 radical (unpaired) electrons. The summed E-state index contributed by atoms with van der Waals surface area (Å²) in [6.07, 6.45) is 7.97. The van der Waals surface area contributed by atoms with Crippen LogP contribution in [0.15, 0.2) is 47.4 Å². The molecule has 4 rings (SSSR count). The predicted molar refractivity (Wildman–Crippen MR) is 117 cm³/mol. The number of carbonyl (C=O) groups is 1. The maximum atomic E-state index is 12.4. The number of hydrogen-bond acceptors (Lipinski definition) is 6. The van der Waals surface area contributed by atoms with Crippen molar-refractivity contribution in [2.24, 2.45) is 5.92 Å². The maximum Gasteiger partial charge on any atom is 0.224 e. The Bertz CT molecular complexity index is 1020. The molecule has 7 nitrogen and oxygen atoms in total. The summed E-state index contributed by atoms with van der Waals surface area (Å²) in [6.45, 7) is 2.62. The van der Waals surface area contributed by atoms with Crippen LogP contribution >= 0.6 is 0 Å². The van der Waals surface area contributed by atoms with Gasteiger partial charge in [0, 0.05) is 24.7 Å². The van der Waals surface area contributed by atoms with Gasteiger partial charge >= 0.3 is 0 Å². The number of nitrogens with one attached hydrogen (secondary N) is 1. The van der Waals surface area contributed by atoms with Gasteiger partial charge in [-0.3, -0.25) is 4.79 Å². The van der Waals surface area contributed by atoms with Crippen molar-refractivity contribution in [2.75, 3.05) is 13.7 Å². The van der Waals surface area contributed by atoms with E-state index in [2.05, 4.69) is 20.4 Å². The molecule has 1 N–H and O–H groups in total. The van der Waals surface area contributed by atoms with E-state index >= 15 is 0 Å². The quantitative estimate of drug-likeness (QED) is 0.619. The maximum absolute atomic E-state index is 12.4. The van der Waals surface area contributed by atoms with Crippen LogP contribution in [-0.2, 0) is 11.2 Å². The Hall–Kier alpha value is -3.22. The molecule has 7 heteroatoms. The molecule has 1 saturated carbocycles. The van der Waals surface area contributed by atoms with Crippen molar-refractivity contribution in [3.8, 4) is 17.1 Å². The number of aromatic nitrogens is 3. The van der Waals surface area contributed by atoms with Crippen LogP contribution in [-0.4, -0.2) is 34.7 Å². The summed E-state index contributed by atoms with van der Waals surface area (Å²) in [7, 11) is 1.63. The van der Waals surface area contributed by atoms with E-state index in [1.807, 2.05) is 43.5 Å². The molecule has 1 aliphatic rings. The third-order valence-corrected chi connectivity index (χ3v) is 5.96. The van der Waals surface area contributed by atoms with Crippen molar-refractivity contribution in [3.05, 3.63) is 59.8 Å². The third-order valence-electron chi connectivity index (χ3n) is 5.96. The topological polar surface area (TPSA) is 90.1 Å². The number of aryl methyl sites for hydroxylation is 1. The van der Waals surface area contributed by atoms with E-state index in [1.54, 1.807) is 13.4 Å². The molecule has 1 amide bonds. The fourth-order valence-electron chi connectivity index (χ4n) is 4.27. The molecule has 0 unspecified atom stereocenters. The molecule has 0 saturated heterocycles. The lowest BCUT2D eigenvalue weighted by atomic mass is 9.79. The Labute approximate surface area is 182 Å². The average molecular weight is 421 g/mol. The zero-order valence-corrected chi connectivity index (χ0v) is 18.0. The van der Waals surface area contributed by atoms with Crippen molar-refractivity contribution in [3.63, 3.8) is 0 Å². The number of methoxy groups -OCH3 is 1. The first-order valence-electron chi connectivity index (χ1n) is 10.8. The number of rotatable bonds is 7. The fourth-order valence-corrected chi connectivity index (χ4v) is 4.27. The second kappa shape index (κ2) is 9.73. The molecule has 0 spiro atoms. The molecule has 2 aromatic heterocycles. The Balaban J connectivity index is 1.29. The highest BCUT2D eigenvalue weighted by Gasteiger charge is 2.26. The first kappa shape index (κ1) is 21.0. The van der Waals surface area contributed by atoms with E-state index in [0.29, 0.717) is 24.8 Å². The van der Waals surface area contributed by atoms with Crippen LogP contribution in [0.2, 0.25) is 0 Å². The van der Waals surface area contributed by atoms with Gasteiger partial charge in [-0.1, -0.05) is 17.3 Å². The first-order chi connectivity index (χ1) is 15.1. The summed E-state index contributed by atoms with van der Waals surface area (Å²) in [5.74, 6) is 2.40. The predicted octanol–water partition coefficient (Wildman–Crippen LogP) is 4.08. The van der Waals surface area contributed by atoms with E-state index in [4.69, 9.17) is 9.26 Å². The van der Waals surface area contributed by atoms with Gasteiger partial charge in [0.15, 0.2) is 5.76 Å². The largest absolute Gasteiger partial charge is 0.497 e. The van der Waals surface area contributed by atoms with Crippen LogP contribution in [0, 0.1) is 12.8 Å². The van der Waals surface area contributed by atoms with Crippen LogP contribution in [0.1, 0.15) is 48.6 Å². The van der Waals surface area contributed by atoms with E-state index in [-0.39, 0.29) is 5.91 Å². The highest BCUT2D eigenvalue weighted by Crippen LogP contribution is 2.38. The fraction of sp³-hybridized carbons (Fsp3) is 0.417. The number of carbonyl (C=O) groups excluding carboxylic acids is 1. The smallest absolute Gasteiger partial charge is 0.224 e. The summed E-state index contributed by atoms with van der Waals surface area (Å²) in [6, 6.07) is 9.56. The molecule has 31 heavy (non-hydrogen) atoms. The molecule has 2 heterocycles. The van der Waals surface area contributed by atoms with Gasteiger partial charge in [-0.2, -0.15) is 0 Å². The average Bonchev–Trinajstić information content (AvgIpc) is 3.24. The number of hydrogen-bond donors (Lipinski definition) is 1. The molecule has 0 aliphatic heterocycles. The Morgan fingerprint density at radius 3 is 2.81 bits per heavy atom. The number of benzene rings is 1. The highest BCUT2D eigenvalue weighted by atomic mass is 16.5. The molecule has 3 aromatic rings. The summed E-state index contributed by atoms with van der Waals surface area (Å²) < 4.78 is 10.7. The number of ether oxygens (including phenoxy) is 1. The van der Waals surface area contributed by atoms with Crippen LogP contribution in [0.3, 0.4) is 0 Å². The molecule has 0 bridgehead atoms. The van der Waals surface area contributed by atoms with Crippen LogP contribution in [0.25, 0.3) is 11.3 Å².